The molecule has 0 aliphatic carbocycles. The van der Waals surface area contributed by atoms with Crippen molar-refractivity contribution in [1.29, 1.82) is 5.26 Å². The van der Waals surface area contributed by atoms with Gasteiger partial charge in [0.2, 0.25) is 10.0 Å². The minimum atomic E-state index is -3.55. The zero-order valence-electron chi connectivity index (χ0n) is 7.84. The van der Waals surface area contributed by atoms with Crippen molar-refractivity contribution in [3.05, 3.63) is 0 Å². The van der Waals surface area contributed by atoms with Gasteiger partial charge >= 0.3 is 0 Å². The Morgan fingerprint density at radius 3 is 2.71 bits per heavy atom. The second-order valence-corrected chi connectivity index (χ2v) is 5.25. The molecule has 0 spiro atoms. The number of aliphatic hydroxyl groups is 1. The van der Waals surface area contributed by atoms with Gasteiger partial charge in [0.05, 0.1) is 18.2 Å². The maximum Gasteiger partial charge on any atom is 0.227 e. The van der Waals surface area contributed by atoms with E-state index in [0.717, 1.165) is 4.31 Å². The number of likely N-dealkylation sites (N-methyl/N-ethyl adjacent to an activating group) is 1. The number of aliphatic hydroxyl groups excluding tert-OH is 1. The van der Waals surface area contributed by atoms with Gasteiger partial charge < -0.3 is 10.4 Å². The first-order valence-corrected chi connectivity index (χ1v) is 5.81. The third-order valence-electron chi connectivity index (χ3n) is 2.30. The molecule has 1 aliphatic heterocycles. The summed E-state index contributed by atoms with van der Waals surface area (Å²) in [5, 5.41) is 20.6. The molecule has 7 heteroatoms. The Labute approximate surface area is 83.2 Å². The first-order valence-electron chi connectivity index (χ1n) is 4.20. The number of nitrogens with zero attached hydrogens (tertiary/aromatic N) is 2. The van der Waals surface area contributed by atoms with Crippen molar-refractivity contribution in [2.24, 2.45) is 0 Å². The van der Waals surface area contributed by atoms with Crippen molar-refractivity contribution < 1.29 is 13.5 Å². The number of nitrogens with one attached hydrogen (secondary N) is 1. The highest BCUT2D eigenvalue weighted by atomic mass is 32.2. The van der Waals surface area contributed by atoms with Crippen molar-refractivity contribution in [2.45, 2.75) is 12.1 Å². The topological polar surface area (TPSA) is 93.4 Å². The maximum atomic E-state index is 11.4. The fourth-order valence-electron chi connectivity index (χ4n) is 1.41. The predicted molar refractivity (Wildman–Crippen MR) is 49.8 cm³/mol. The predicted octanol–water partition coefficient (Wildman–Crippen LogP) is -1.90. The molecule has 14 heavy (non-hydrogen) atoms. The van der Waals surface area contributed by atoms with Crippen LogP contribution in [0.1, 0.15) is 0 Å². The summed E-state index contributed by atoms with van der Waals surface area (Å²) in [5.41, 5.74) is 0. The first kappa shape index (κ1) is 11.4. The Kier molecular flexibility index (Phi) is 3.44. The van der Waals surface area contributed by atoms with E-state index in [9.17, 15) is 13.5 Å². The quantitative estimate of drug-likeness (QED) is 0.578. The zero-order chi connectivity index (χ0) is 10.8. The van der Waals surface area contributed by atoms with Crippen LogP contribution in [0.3, 0.4) is 0 Å². The minimum absolute atomic E-state index is 0.386. The van der Waals surface area contributed by atoms with E-state index in [1.165, 1.54) is 7.05 Å². The normalized spacial score (nSPS) is 27.9. The second kappa shape index (κ2) is 4.23. The van der Waals surface area contributed by atoms with E-state index in [4.69, 9.17) is 5.26 Å². The fraction of sp³-hybridized carbons (Fsp3) is 0.857. The summed E-state index contributed by atoms with van der Waals surface area (Å²) in [7, 11) is -2.17. The molecule has 0 aromatic carbocycles. The van der Waals surface area contributed by atoms with Crippen LogP contribution in [0, 0.1) is 11.3 Å². The Hall–Kier alpha value is -0.680. The molecule has 1 aliphatic rings. The largest absolute Gasteiger partial charge is 0.390 e. The van der Waals surface area contributed by atoms with Crippen LogP contribution in [-0.4, -0.2) is 55.9 Å². The van der Waals surface area contributed by atoms with Crippen molar-refractivity contribution in [2.75, 3.05) is 25.9 Å². The highest BCUT2D eigenvalue weighted by Gasteiger charge is 2.34. The third-order valence-corrected chi connectivity index (χ3v) is 3.95. The lowest BCUT2D eigenvalue weighted by Gasteiger charge is -2.24. The molecule has 80 valence electrons. The molecule has 0 saturated carbocycles. The van der Waals surface area contributed by atoms with Crippen LogP contribution in [0.15, 0.2) is 0 Å². The van der Waals surface area contributed by atoms with Crippen LogP contribution >= 0.6 is 0 Å². The average molecular weight is 219 g/mol. The summed E-state index contributed by atoms with van der Waals surface area (Å²) in [6.07, 6.45) is -0.700. The molecule has 6 nitrogen and oxygen atoms in total. The first-order chi connectivity index (χ1) is 6.49. The second-order valence-electron chi connectivity index (χ2n) is 3.22. The van der Waals surface area contributed by atoms with Crippen LogP contribution in [0.2, 0.25) is 0 Å². The van der Waals surface area contributed by atoms with E-state index >= 15 is 0 Å². The van der Waals surface area contributed by atoms with Gasteiger partial charge in [-0.15, -0.1) is 0 Å². The SMILES string of the molecule is CN([C@H]1CNC[C@@H]1O)S(=O)(=O)CC#N. The highest BCUT2D eigenvalue weighted by Crippen LogP contribution is 2.11. The lowest BCUT2D eigenvalue weighted by molar-refractivity contribution is 0.136. The number of hydrogen-bond acceptors (Lipinski definition) is 5. The van der Waals surface area contributed by atoms with E-state index in [2.05, 4.69) is 5.32 Å². The molecule has 0 amide bonds. The fourth-order valence-corrected chi connectivity index (χ4v) is 2.41. The highest BCUT2D eigenvalue weighted by molar-refractivity contribution is 7.89. The maximum absolute atomic E-state index is 11.4. The van der Waals surface area contributed by atoms with E-state index < -0.39 is 27.9 Å². The van der Waals surface area contributed by atoms with Crippen LogP contribution in [0.4, 0.5) is 0 Å². The van der Waals surface area contributed by atoms with E-state index in [1.807, 2.05) is 0 Å². The number of β-amino-alcohol motifs (C(OH)–C–C–N with tert-alkyl or cyclic N) is 1. The van der Waals surface area contributed by atoms with E-state index in [-0.39, 0.29) is 0 Å². The summed E-state index contributed by atoms with van der Waals surface area (Å²) in [6.45, 7) is 0.805. The minimum Gasteiger partial charge on any atom is -0.390 e. The van der Waals surface area contributed by atoms with Crippen molar-refractivity contribution in [3.63, 3.8) is 0 Å². The molecule has 0 radical (unpaired) electrons. The van der Waals surface area contributed by atoms with E-state index in [0.29, 0.717) is 13.1 Å². The molecule has 0 aromatic heterocycles. The Balaban J connectivity index is 2.74. The number of rotatable bonds is 3. The van der Waals surface area contributed by atoms with Gasteiger partial charge in [-0.25, -0.2) is 8.42 Å². The molecule has 1 fully saturated rings. The number of sulfonamides is 1. The molecule has 0 bridgehead atoms. The van der Waals surface area contributed by atoms with Gasteiger partial charge in [0.25, 0.3) is 0 Å². The lowest BCUT2D eigenvalue weighted by Crippen LogP contribution is -2.44. The van der Waals surface area contributed by atoms with Crippen LogP contribution in [0.5, 0.6) is 0 Å². The van der Waals surface area contributed by atoms with Gasteiger partial charge in [-0.3, -0.25) is 0 Å². The zero-order valence-corrected chi connectivity index (χ0v) is 8.66. The summed E-state index contributed by atoms with van der Waals surface area (Å²) in [6, 6.07) is 1.13. The van der Waals surface area contributed by atoms with Gasteiger partial charge in [0.1, 0.15) is 0 Å². The average Bonchev–Trinajstić information content (AvgIpc) is 2.50. The van der Waals surface area contributed by atoms with Gasteiger partial charge in [-0.05, 0) is 0 Å². The van der Waals surface area contributed by atoms with Gasteiger partial charge in [-0.1, -0.05) is 0 Å². The van der Waals surface area contributed by atoms with Crippen molar-refractivity contribution >= 4 is 10.0 Å². The molecule has 1 rings (SSSR count). The standard InChI is InChI=1S/C7H13N3O3S/c1-10(14(12,13)3-2-8)6-4-9-5-7(6)11/h6-7,9,11H,3-5H2,1H3/t6-,7-/m0/s1. The molecule has 0 aromatic rings. The van der Waals surface area contributed by atoms with Crippen molar-refractivity contribution in [3.8, 4) is 6.07 Å². The molecular formula is C7H13N3O3S. The van der Waals surface area contributed by atoms with Crippen LogP contribution in [-0.2, 0) is 10.0 Å². The lowest BCUT2D eigenvalue weighted by atomic mass is 10.2. The Morgan fingerprint density at radius 2 is 2.29 bits per heavy atom. The summed E-state index contributed by atoms with van der Waals surface area (Å²) in [5.74, 6) is -0.549. The number of nitriles is 1. The smallest absolute Gasteiger partial charge is 0.227 e. The van der Waals surface area contributed by atoms with Gasteiger partial charge in [0, 0.05) is 20.1 Å². The molecule has 1 saturated heterocycles. The molecule has 1 heterocycles. The van der Waals surface area contributed by atoms with E-state index in [1.54, 1.807) is 6.07 Å². The Morgan fingerprint density at radius 1 is 1.64 bits per heavy atom. The summed E-state index contributed by atoms with van der Waals surface area (Å²) in [4.78, 5) is 0. The van der Waals surface area contributed by atoms with Crippen LogP contribution in [0.25, 0.3) is 0 Å². The molecular weight excluding hydrogens is 206 g/mol. The van der Waals surface area contributed by atoms with Crippen LogP contribution < -0.4 is 5.32 Å². The summed E-state index contributed by atoms with van der Waals surface area (Å²) < 4.78 is 23.9. The summed E-state index contributed by atoms with van der Waals surface area (Å²) >= 11 is 0. The molecule has 2 N–H and O–H groups in total. The molecule has 2 atom stereocenters. The Bertz CT molecular complexity index is 335. The third kappa shape index (κ3) is 2.22. The molecule has 0 unspecified atom stereocenters. The number of hydrogen-bond donors (Lipinski definition) is 2. The monoisotopic (exact) mass is 219 g/mol. The van der Waals surface area contributed by atoms with Gasteiger partial charge in [-0.2, -0.15) is 9.57 Å². The van der Waals surface area contributed by atoms with Crippen molar-refractivity contribution in [1.82, 2.24) is 9.62 Å². The van der Waals surface area contributed by atoms with Gasteiger partial charge in [0.15, 0.2) is 5.75 Å².